The van der Waals surface area contributed by atoms with E-state index in [-0.39, 0.29) is 11.5 Å². The van der Waals surface area contributed by atoms with Crippen molar-refractivity contribution < 1.29 is 19.4 Å². The number of rotatable bonds is 6. The van der Waals surface area contributed by atoms with Gasteiger partial charge in [0.1, 0.15) is 5.75 Å². The summed E-state index contributed by atoms with van der Waals surface area (Å²) in [6, 6.07) is 11.1. The van der Waals surface area contributed by atoms with Crippen molar-refractivity contribution in [2.45, 2.75) is 39.5 Å². The third-order valence-corrected chi connectivity index (χ3v) is 5.03. The fourth-order valence-corrected chi connectivity index (χ4v) is 3.66. The predicted molar refractivity (Wildman–Crippen MR) is 111 cm³/mol. The SMILES string of the molecule is CCC(=O)Nc1cc(C(=O)O)cc(C2=C(c3cc(C)ccc3OC)CCC2)c1. The maximum absolute atomic E-state index is 11.8. The molecule has 0 atom stereocenters. The molecule has 1 aliphatic rings. The molecule has 146 valence electrons. The lowest BCUT2D eigenvalue weighted by Crippen LogP contribution is -2.11. The van der Waals surface area contributed by atoms with E-state index in [1.54, 1.807) is 20.1 Å². The molecule has 0 heterocycles. The zero-order chi connectivity index (χ0) is 20.3. The quantitative estimate of drug-likeness (QED) is 0.728. The minimum absolute atomic E-state index is 0.144. The van der Waals surface area contributed by atoms with Gasteiger partial charge in [0.05, 0.1) is 12.7 Å². The number of nitrogens with one attached hydrogen (secondary N) is 1. The maximum atomic E-state index is 11.8. The van der Waals surface area contributed by atoms with Gasteiger partial charge in [-0.3, -0.25) is 4.79 Å². The molecule has 0 aromatic heterocycles. The first kappa shape index (κ1) is 19.7. The molecule has 0 fully saturated rings. The number of carbonyl (C=O) groups is 2. The lowest BCUT2D eigenvalue weighted by atomic mass is 9.94. The van der Waals surface area contributed by atoms with Gasteiger partial charge in [0, 0.05) is 17.7 Å². The van der Waals surface area contributed by atoms with Crippen molar-refractivity contribution in [3.8, 4) is 5.75 Å². The van der Waals surface area contributed by atoms with Gasteiger partial charge in [-0.1, -0.05) is 18.6 Å². The molecule has 2 aromatic carbocycles. The molecule has 1 aliphatic carbocycles. The number of allylic oxidation sites excluding steroid dienone is 2. The van der Waals surface area contributed by atoms with Crippen LogP contribution in [0.15, 0.2) is 36.4 Å². The van der Waals surface area contributed by atoms with Gasteiger partial charge >= 0.3 is 5.97 Å². The summed E-state index contributed by atoms with van der Waals surface area (Å²) in [5.74, 6) is -0.342. The topological polar surface area (TPSA) is 75.6 Å². The minimum Gasteiger partial charge on any atom is -0.496 e. The number of carbonyl (C=O) groups excluding carboxylic acids is 1. The number of ether oxygens (including phenoxy) is 1. The highest BCUT2D eigenvalue weighted by atomic mass is 16.5. The number of aromatic carboxylic acids is 1. The van der Waals surface area contributed by atoms with Crippen LogP contribution in [0, 0.1) is 6.92 Å². The summed E-state index contributed by atoms with van der Waals surface area (Å²) in [6.45, 7) is 3.81. The molecule has 0 radical (unpaired) electrons. The van der Waals surface area contributed by atoms with Crippen LogP contribution in [0.2, 0.25) is 0 Å². The van der Waals surface area contributed by atoms with Gasteiger partial charge in [-0.25, -0.2) is 4.79 Å². The smallest absolute Gasteiger partial charge is 0.335 e. The average molecular weight is 379 g/mol. The first-order valence-corrected chi connectivity index (χ1v) is 9.48. The molecule has 0 bridgehead atoms. The number of methoxy groups -OCH3 is 1. The fourth-order valence-electron chi connectivity index (χ4n) is 3.66. The Kier molecular flexibility index (Phi) is 5.83. The zero-order valence-corrected chi connectivity index (χ0v) is 16.5. The van der Waals surface area contributed by atoms with Crippen LogP contribution < -0.4 is 10.1 Å². The number of carboxylic acid groups (broad SMARTS) is 1. The van der Waals surface area contributed by atoms with Crippen molar-refractivity contribution in [3.05, 3.63) is 58.7 Å². The zero-order valence-electron chi connectivity index (χ0n) is 16.5. The van der Waals surface area contributed by atoms with Crippen LogP contribution in [-0.2, 0) is 4.79 Å². The summed E-state index contributed by atoms with van der Waals surface area (Å²) in [5.41, 5.74) is 5.99. The third-order valence-electron chi connectivity index (χ3n) is 5.03. The molecule has 0 unspecified atom stereocenters. The second-order valence-corrected chi connectivity index (χ2v) is 7.02. The third kappa shape index (κ3) is 4.09. The highest BCUT2D eigenvalue weighted by Crippen LogP contribution is 2.43. The van der Waals surface area contributed by atoms with E-state index >= 15 is 0 Å². The van der Waals surface area contributed by atoms with Gasteiger partial charge in [0.15, 0.2) is 0 Å². The Hall–Kier alpha value is -3.08. The van der Waals surface area contributed by atoms with E-state index in [9.17, 15) is 14.7 Å². The number of benzene rings is 2. The number of anilines is 1. The summed E-state index contributed by atoms with van der Waals surface area (Å²) in [7, 11) is 1.66. The van der Waals surface area contributed by atoms with E-state index < -0.39 is 5.97 Å². The average Bonchev–Trinajstić information content (AvgIpc) is 3.17. The van der Waals surface area contributed by atoms with Crippen molar-refractivity contribution in [3.63, 3.8) is 0 Å². The summed E-state index contributed by atoms with van der Waals surface area (Å²) in [5, 5.41) is 12.3. The van der Waals surface area contributed by atoms with Gasteiger partial charge in [0.2, 0.25) is 5.91 Å². The Balaban J connectivity index is 2.15. The number of carboxylic acids is 1. The van der Waals surface area contributed by atoms with Crippen LogP contribution in [0.3, 0.4) is 0 Å². The van der Waals surface area contributed by atoms with Crippen molar-refractivity contribution in [1.82, 2.24) is 0 Å². The second-order valence-electron chi connectivity index (χ2n) is 7.02. The molecule has 0 saturated heterocycles. The summed E-state index contributed by atoms with van der Waals surface area (Å²) in [4.78, 5) is 23.4. The Morgan fingerprint density at radius 2 is 1.86 bits per heavy atom. The lowest BCUT2D eigenvalue weighted by Gasteiger charge is -2.15. The van der Waals surface area contributed by atoms with E-state index in [1.807, 2.05) is 25.1 Å². The van der Waals surface area contributed by atoms with E-state index in [0.717, 1.165) is 47.3 Å². The largest absolute Gasteiger partial charge is 0.496 e. The van der Waals surface area contributed by atoms with Crippen molar-refractivity contribution in [2.24, 2.45) is 0 Å². The maximum Gasteiger partial charge on any atom is 0.335 e. The van der Waals surface area contributed by atoms with E-state index in [4.69, 9.17) is 4.74 Å². The lowest BCUT2D eigenvalue weighted by molar-refractivity contribution is -0.115. The Morgan fingerprint density at radius 3 is 2.54 bits per heavy atom. The summed E-state index contributed by atoms with van der Waals surface area (Å²) < 4.78 is 5.56. The minimum atomic E-state index is -1.01. The normalized spacial score (nSPS) is 13.5. The van der Waals surface area contributed by atoms with Crippen LogP contribution in [0.5, 0.6) is 5.75 Å². The first-order valence-electron chi connectivity index (χ1n) is 9.48. The number of hydrogen-bond donors (Lipinski definition) is 2. The van der Waals surface area contributed by atoms with E-state index in [0.29, 0.717) is 12.1 Å². The van der Waals surface area contributed by atoms with Gasteiger partial charge in [-0.2, -0.15) is 0 Å². The monoisotopic (exact) mass is 379 g/mol. The number of aryl methyl sites for hydroxylation is 1. The van der Waals surface area contributed by atoms with Gasteiger partial charge in [0.25, 0.3) is 0 Å². The number of amides is 1. The molecule has 5 nitrogen and oxygen atoms in total. The Morgan fingerprint density at radius 1 is 1.11 bits per heavy atom. The van der Waals surface area contributed by atoms with Crippen LogP contribution in [0.1, 0.15) is 59.7 Å². The van der Waals surface area contributed by atoms with Crippen LogP contribution >= 0.6 is 0 Å². The van der Waals surface area contributed by atoms with E-state index in [1.165, 1.54) is 11.6 Å². The van der Waals surface area contributed by atoms with Crippen molar-refractivity contribution >= 4 is 28.7 Å². The Labute approximate surface area is 165 Å². The van der Waals surface area contributed by atoms with Crippen LogP contribution in [0.25, 0.3) is 11.1 Å². The molecular formula is C23H25NO4. The highest BCUT2D eigenvalue weighted by molar-refractivity contribution is 5.99. The van der Waals surface area contributed by atoms with Crippen molar-refractivity contribution in [1.29, 1.82) is 0 Å². The fraction of sp³-hybridized carbons (Fsp3) is 0.304. The molecule has 28 heavy (non-hydrogen) atoms. The van der Waals surface area contributed by atoms with Crippen molar-refractivity contribution in [2.75, 3.05) is 12.4 Å². The first-order chi connectivity index (χ1) is 13.4. The Bertz CT molecular complexity index is 959. The van der Waals surface area contributed by atoms with Crippen LogP contribution in [0.4, 0.5) is 5.69 Å². The van der Waals surface area contributed by atoms with Crippen LogP contribution in [-0.4, -0.2) is 24.1 Å². The van der Waals surface area contributed by atoms with Gasteiger partial charge < -0.3 is 15.2 Å². The standard InChI is InChI=1S/C23H25NO4/c1-4-22(25)24-17-12-15(11-16(13-17)23(26)27)18-6-5-7-19(18)20-10-14(2)8-9-21(20)28-3/h8-13H,4-7H2,1-3H3,(H,24,25)(H,26,27). The molecule has 5 heteroatoms. The highest BCUT2D eigenvalue weighted by Gasteiger charge is 2.22. The predicted octanol–water partition coefficient (Wildman–Crippen LogP) is 5.15. The second kappa shape index (κ2) is 8.30. The molecule has 2 aromatic rings. The molecule has 2 N–H and O–H groups in total. The molecule has 0 saturated carbocycles. The molecule has 0 spiro atoms. The number of hydrogen-bond acceptors (Lipinski definition) is 3. The molecule has 0 aliphatic heterocycles. The molecule has 3 rings (SSSR count). The van der Waals surface area contributed by atoms with E-state index in [2.05, 4.69) is 11.4 Å². The molecule has 1 amide bonds. The van der Waals surface area contributed by atoms with Gasteiger partial charge in [-0.15, -0.1) is 0 Å². The summed E-state index contributed by atoms with van der Waals surface area (Å²) in [6.07, 6.45) is 3.09. The molecular weight excluding hydrogens is 354 g/mol. The van der Waals surface area contributed by atoms with Gasteiger partial charge in [-0.05, 0) is 73.2 Å². The summed E-state index contributed by atoms with van der Waals surface area (Å²) >= 11 is 0.